The van der Waals surface area contributed by atoms with Gasteiger partial charge in [0.15, 0.2) is 0 Å². The van der Waals surface area contributed by atoms with Crippen LogP contribution in [0.3, 0.4) is 0 Å². The molecule has 0 bridgehead atoms. The van der Waals surface area contributed by atoms with Crippen molar-refractivity contribution in [2.45, 2.75) is 33.6 Å². The molecule has 0 fully saturated rings. The number of rotatable bonds is 3. The van der Waals surface area contributed by atoms with Crippen molar-refractivity contribution in [2.75, 3.05) is 0 Å². The van der Waals surface area contributed by atoms with Gasteiger partial charge in [-0.2, -0.15) is 0 Å². The van der Waals surface area contributed by atoms with E-state index in [-0.39, 0.29) is 0 Å². The van der Waals surface area contributed by atoms with Crippen molar-refractivity contribution in [1.82, 2.24) is 0 Å². The van der Waals surface area contributed by atoms with E-state index in [0.29, 0.717) is 0 Å². The van der Waals surface area contributed by atoms with Crippen LogP contribution in [0, 0.1) is 0 Å². The third-order valence-corrected chi connectivity index (χ3v) is 2.38. The summed E-state index contributed by atoms with van der Waals surface area (Å²) in [7, 11) is 0. The Morgan fingerprint density at radius 3 is 2.31 bits per heavy atom. The fourth-order valence-corrected chi connectivity index (χ4v) is 1.39. The Labute approximate surface area is 81.3 Å². The molecule has 1 rings (SSSR count). The Morgan fingerprint density at radius 2 is 1.85 bits per heavy atom. The van der Waals surface area contributed by atoms with Gasteiger partial charge in [-0.1, -0.05) is 43.7 Å². The topological polar surface area (TPSA) is 0 Å². The molecule has 0 atom stereocenters. The fraction of sp³-hybridized carbons (Fsp3) is 0.385. The molecule has 1 aromatic carbocycles. The third-order valence-electron chi connectivity index (χ3n) is 2.38. The zero-order valence-corrected chi connectivity index (χ0v) is 8.80. The maximum Gasteiger partial charge on any atom is -0.0230 e. The van der Waals surface area contributed by atoms with Crippen LogP contribution < -0.4 is 0 Å². The molecular weight excluding hydrogens is 156 g/mol. The van der Waals surface area contributed by atoms with Crippen LogP contribution in [0.4, 0.5) is 0 Å². The summed E-state index contributed by atoms with van der Waals surface area (Å²) in [6.07, 6.45) is 4.56. The first-order valence-electron chi connectivity index (χ1n) is 5.00. The van der Waals surface area contributed by atoms with Crippen LogP contribution in [0.2, 0.25) is 0 Å². The first-order valence-corrected chi connectivity index (χ1v) is 5.00. The minimum absolute atomic E-state index is 1.19. The number of hydrogen-bond acceptors (Lipinski definition) is 0. The van der Waals surface area contributed by atoms with Crippen molar-refractivity contribution in [3.05, 3.63) is 41.5 Å². The first kappa shape index (κ1) is 10.0. The van der Waals surface area contributed by atoms with Crippen LogP contribution in [0.5, 0.6) is 0 Å². The average Bonchev–Trinajstić information content (AvgIpc) is 2.18. The third kappa shape index (κ3) is 2.73. The summed E-state index contributed by atoms with van der Waals surface area (Å²) in [6, 6.07) is 8.87. The maximum atomic E-state index is 2.23. The molecule has 13 heavy (non-hydrogen) atoms. The molecule has 70 valence electrons. The Hall–Kier alpha value is -1.04. The van der Waals surface area contributed by atoms with E-state index in [9.17, 15) is 0 Å². The number of benzene rings is 1. The molecule has 0 aliphatic carbocycles. The summed E-state index contributed by atoms with van der Waals surface area (Å²) < 4.78 is 0. The molecular formula is C13H18. The average molecular weight is 174 g/mol. The predicted molar refractivity (Wildman–Crippen MR) is 59.8 cm³/mol. The summed E-state index contributed by atoms with van der Waals surface area (Å²) in [5.74, 6) is 0. The van der Waals surface area contributed by atoms with Crippen LogP contribution in [0.1, 0.15) is 38.3 Å². The van der Waals surface area contributed by atoms with Gasteiger partial charge in [-0.15, -0.1) is 0 Å². The molecule has 0 nitrogen and oxygen atoms in total. The van der Waals surface area contributed by atoms with Crippen LogP contribution in [0.15, 0.2) is 30.3 Å². The molecule has 0 aliphatic rings. The molecule has 0 heterocycles. The highest BCUT2D eigenvalue weighted by atomic mass is 14.0. The standard InChI is InChI=1S/C13H18/c1-4-6-12-7-9-13(10-8-12)11(3)5-2/h5,7-10H,4,6H2,1-3H3. The van der Waals surface area contributed by atoms with Gasteiger partial charge in [-0.25, -0.2) is 0 Å². The Morgan fingerprint density at radius 1 is 1.23 bits per heavy atom. The van der Waals surface area contributed by atoms with E-state index in [2.05, 4.69) is 51.1 Å². The minimum Gasteiger partial charge on any atom is -0.0841 e. The highest BCUT2D eigenvalue weighted by Gasteiger charge is 1.94. The molecule has 0 N–H and O–H groups in total. The highest BCUT2D eigenvalue weighted by Crippen LogP contribution is 2.14. The second-order valence-corrected chi connectivity index (χ2v) is 3.42. The summed E-state index contributed by atoms with van der Waals surface area (Å²) in [5, 5.41) is 0. The van der Waals surface area contributed by atoms with Crippen molar-refractivity contribution in [3.63, 3.8) is 0 Å². The lowest BCUT2D eigenvalue weighted by atomic mass is 10.0. The van der Waals surface area contributed by atoms with Crippen molar-refractivity contribution < 1.29 is 0 Å². The molecule has 0 aliphatic heterocycles. The van der Waals surface area contributed by atoms with E-state index < -0.39 is 0 Å². The van der Waals surface area contributed by atoms with Crippen LogP contribution in [-0.2, 0) is 6.42 Å². The Bertz CT molecular complexity index is 277. The predicted octanol–water partition coefficient (Wildman–Crippen LogP) is 4.06. The second kappa shape index (κ2) is 4.86. The second-order valence-electron chi connectivity index (χ2n) is 3.42. The van der Waals surface area contributed by atoms with Crippen molar-refractivity contribution in [1.29, 1.82) is 0 Å². The van der Waals surface area contributed by atoms with Gasteiger partial charge in [0.1, 0.15) is 0 Å². The minimum atomic E-state index is 1.19. The lowest BCUT2D eigenvalue weighted by Crippen LogP contribution is -1.84. The molecule has 0 spiro atoms. The molecule has 0 aromatic heterocycles. The van der Waals surface area contributed by atoms with Gasteiger partial charge >= 0.3 is 0 Å². The summed E-state index contributed by atoms with van der Waals surface area (Å²) in [6.45, 7) is 6.44. The van der Waals surface area contributed by atoms with E-state index in [1.54, 1.807) is 0 Å². The number of hydrogen-bond donors (Lipinski definition) is 0. The highest BCUT2D eigenvalue weighted by molar-refractivity contribution is 5.63. The summed E-state index contributed by atoms with van der Waals surface area (Å²) in [5.41, 5.74) is 4.13. The SMILES string of the molecule is CC=C(C)c1ccc(CCC)cc1. The van der Waals surface area contributed by atoms with E-state index in [1.807, 2.05) is 0 Å². The van der Waals surface area contributed by atoms with Gasteiger partial charge in [-0.3, -0.25) is 0 Å². The maximum absolute atomic E-state index is 2.23. The Kier molecular flexibility index (Phi) is 3.75. The van der Waals surface area contributed by atoms with Gasteiger partial charge < -0.3 is 0 Å². The fourth-order valence-electron chi connectivity index (χ4n) is 1.39. The molecule has 0 unspecified atom stereocenters. The largest absolute Gasteiger partial charge is 0.0841 e. The summed E-state index contributed by atoms with van der Waals surface area (Å²) in [4.78, 5) is 0. The van der Waals surface area contributed by atoms with Crippen molar-refractivity contribution in [2.24, 2.45) is 0 Å². The molecule has 0 amide bonds. The molecule has 0 radical (unpaired) electrons. The van der Waals surface area contributed by atoms with Gasteiger partial charge in [-0.05, 0) is 37.0 Å². The lowest BCUT2D eigenvalue weighted by Gasteiger charge is -2.02. The zero-order valence-electron chi connectivity index (χ0n) is 8.80. The molecule has 0 heteroatoms. The van der Waals surface area contributed by atoms with Crippen LogP contribution in [-0.4, -0.2) is 0 Å². The van der Waals surface area contributed by atoms with Gasteiger partial charge in [0, 0.05) is 0 Å². The van der Waals surface area contributed by atoms with E-state index in [1.165, 1.54) is 29.5 Å². The smallest absolute Gasteiger partial charge is 0.0230 e. The van der Waals surface area contributed by atoms with E-state index >= 15 is 0 Å². The number of allylic oxidation sites excluding steroid dienone is 2. The first-order chi connectivity index (χ1) is 6.27. The van der Waals surface area contributed by atoms with Crippen LogP contribution >= 0.6 is 0 Å². The quantitative estimate of drug-likeness (QED) is 0.648. The van der Waals surface area contributed by atoms with E-state index in [4.69, 9.17) is 0 Å². The molecule has 0 saturated heterocycles. The van der Waals surface area contributed by atoms with Gasteiger partial charge in [0.05, 0.1) is 0 Å². The lowest BCUT2D eigenvalue weighted by molar-refractivity contribution is 0.922. The van der Waals surface area contributed by atoms with Gasteiger partial charge in [0.2, 0.25) is 0 Å². The number of aryl methyl sites for hydroxylation is 1. The monoisotopic (exact) mass is 174 g/mol. The van der Waals surface area contributed by atoms with Crippen LogP contribution in [0.25, 0.3) is 5.57 Å². The normalized spacial score (nSPS) is 11.8. The van der Waals surface area contributed by atoms with Gasteiger partial charge in [0.25, 0.3) is 0 Å². The van der Waals surface area contributed by atoms with E-state index in [0.717, 1.165) is 0 Å². The van der Waals surface area contributed by atoms with Crippen molar-refractivity contribution in [3.8, 4) is 0 Å². The summed E-state index contributed by atoms with van der Waals surface area (Å²) >= 11 is 0. The molecule has 1 aromatic rings. The molecule has 0 saturated carbocycles. The zero-order chi connectivity index (χ0) is 9.68. The van der Waals surface area contributed by atoms with Crippen molar-refractivity contribution >= 4 is 5.57 Å². The Balaban J connectivity index is 2.81.